The lowest BCUT2D eigenvalue weighted by Crippen LogP contribution is -2.17. The van der Waals surface area contributed by atoms with Gasteiger partial charge < -0.3 is 5.32 Å². The third-order valence-electron chi connectivity index (χ3n) is 2.67. The van der Waals surface area contributed by atoms with E-state index in [1.165, 1.54) is 11.3 Å². The molecule has 0 saturated heterocycles. The molecule has 0 aliphatic carbocycles. The smallest absolute Gasteiger partial charge is 0.226 e. The molecule has 2 heterocycles. The Kier molecular flexibility index (Phi) is 3.72. The van der Waals surface area contributed by atoms with Crippen molar-refractivity contribution in [2.75, 3.05) is 5.32 Å². The van der Waals surface area contributed by atoms with E-state index in [4.69, 9.17) is 6.42 Å². The van der Waals surface area contributed by atoms with Crippen LogP contribution >= 0.6 is 11.3 Å². The lowest BCUT2D eigenvalue weighted by atomic mass is 10.0. The Morgan fingerprint density at radius 1 is 1.56 bits per heavy atom. The molecule has 18 heavy (non-hydrogen) atoms. The average Bonchev–Trinajstić information content (AvgIpc) is 3.01. The van der Waals surface area contributed by atoms with E-state index >= 15 is 0 Å². The highest BCUT2D eigenvalue weighted by atomic mass is 32.1. The van der Waals surface area contributed by atoms with Crippen LogP contribution < -0.4 is 5.32 Å². The highest BCUT2D eigenvalue weighted by Crippen LogP contribution is 2.37. The molecule has 0 spiro atoms. The van der Waals surface area contributed by atoms with E-state index in [1.54, 1.807) is 6.20 Å². The maximum atomic E-state index is 11.7. The fourth-order valence-corrected chi connectivity index (χ4v) is 2.26. The van der Waals surface area contributed by atoms with Gasteiger partial charge in [-0.25, -0.2) is 4.98 Å². The van der Waals surface area contributed by atoms with Crippen LogP contribution in [0.1, 0.15) is 30.6 Å². The lowest BCUT2D eigenvalue weighted by Gasteiger charge is -2.07. The molecule has 1 aliphatic rings. The van der Waals surface area contributed by atoms with Crippen molar-refractivity contribution in [2.24, 2.45) is 10.2 Å². The summed E-state index contributed by atoms with van der Waals surface area (Å²) in [6.07, 6.45) is 9.31. The first-order valence-corrected chi connectivity index (χ1v) is 6.55. The van der Waals surface area contributed by atoms with E-state index in [2.05, 4.69) is 26.4 Å². The minimum Gasteiger partial charge on any atom is -0.302 e. The van der Waals surface area contributed by atoms with E-state index in [9.17, 15) is 4.79 Å². The maximum absolute atomic E-state index is 11.7. The summed E-state index contributed by atoms with van der Waals surface area (Å²) in [6, 6.07) is 0. The predicted octanol–water partition coefficient (Wildman–Crippen LogP) is 2.75. The van der Waals surface area contributed by atoms with Crippen molar-refractivity contribution in [1.29, 1.82) is 0 Å². The van der Waals surface area contributed by atoms with Crippen LogP contribution in [0.3, 0.4) is 0 Å². The van der Waals surface area contributed by atoms with Gasteiger partial charge >= 0.3 is 0 Å². The summed E-state index contributed by atoms with van der Waals surface area (Å²) < 4.78 is 0. The number of anilines is 1. The van der Waals surface area contributed by atoms with Crippen molar-refractivity contribution in [3.63, 3.8) is 0 Å². The Labute approximate surface area is 110 Å². The van der Waals surface area contributed by atoms with Crippen LogP contribution in [0.2, 0.25) is 0 Å². The standard InChI is InChI=1S/C12H14N4OS/c1-3-4-6-12(15-16-12)7-5-10(17)14-11-13-8-9(2)18-11/h1,8H,4-7H2,2H3,(H,13,14,17). The number of hydrogen-bond acceptors (Lipinski definition) is 5. The molecular weight excluding hydrogens is 248 g/mol. The molecule has 5 nitrogen and oxygen atoms in total. The summed E-state index contributed by atoms with van der Waals surface area (Å²) >= 11 is 1.46. The quantitative estimate of drug-likeness (QED) is 0.801. The van der Waals surface area contributed by atoms with Crippen LogP contribution in [0.4, 0.5) is 5.13 Å². The minimum atomic E-state index is -0.386. The summed E-state index contributed by atoms with van der Waals surface area (Å²) in [5, 5.41) is 11.4. The molecule has 1 amide bonds. The highest BCUT2D eigenvalue weighted by molar-refractivity contribution is 7.15. The summed E-state index contributed by atoms with van der Waals surface area (Å²) in [4.78, 5) is 16.9. The topological polar surface area (TPSA) is 66.7 Å². The van der Waals surface area contributed by atoms with Gasteiger partial charge in [0.2, 0.25) is 5.91 Å². The molecule has 0 radical (unpaired) electrons. The number of terminal acetylenes is 1. The van der Waals surface area contributed by atoms with Gasteiger partial charge in [-0.15, -0.1) is 23.7 Å². The fraction of sp³-hybridized carbons (Fsp3) is 0.500. The zero-order valence-corrected chi connectivity index (χ0v) is 11.0. The molecular formula is C12H14N4OS. The molecule has 2 rings (SSSR count). The molecule has 0 aromatic carbocycles. The Morgan fingerprint density at radius 3 is 2.89 bits per heavy atom. The van der Waals surface area contributed by atoms with Gasteiger partial charge in [-0.1, -0.05) is 0 Å². The molecule has 94 valence electrons. The molecule has 1 N–H and O–H groups in total. The summed E-state index contributed by atoms with van der Waals surface area (Å²) in [7, 11) is 0. The number of carbonyl (C=O) groups is 1. The summed E-state index contributed by atoms with van der Waals surface area (Å²) in [5.41, 5.74) is -0.386. The molecule has 0 saturated carbocycles. The first-order valence-electron chi connectivity index (χ1n) is 5.73. The number of nitrogens with zero attached hydrogens (tertiary/aromatic N) is 3. The van der Waals surface area contributed by atoms with Crippen LogP contribution in [0, 0.1) is 19.3 Å². The van der Waals surface area contributed by atoms with Gasteiger partial charge in [-0.05, 0) is 6.92 Å². The number of carbonyl (C=O) groups excluding carboxylic acids is 1. The van der Waals surface area contributed by atoms with Crippen molar-refractivity contribution in [3.05, 3.63) is 11.1 Å². The van der Waals surface area contributed by atoms with Crippen molar-refractivity contribution < 1.29 is 4.79 Å². The number of hydrogen-bond donors (Lipinski definition) is 1. The summed E-state index contributed by atoms with van der Waals surface area (Å²) in [5.74, 6) is 2.51. The second kappa shape index (κ2) is 5.27. The van der Waals surface area contributed by atoms with Gasteiger partial charge in [0.15, 0.2) is 10.8 Å². The van der Waals surface area contributed by atoms with Crippen molar-refractivity contribution >= 4 is 22.4 Å². The zero-order valence-electron chi connectivity index (χ0n) is 10.1. The summed E-state index contributed by atoms with van der Waals surface area (Å²) in [6.45, 7) is 1.95. The van der Waals surface area contributed by atoms with Crippen LogP contribution in [0.5, 0.6) is 0 Å². The van der Waals surface area contributed by atoms with Crippen molar-refractivity contribution in [1.82, 2.24) is 4.98 Å². The van der Waals surface area contributed by atoms with Crippen molar-refractivity contribution in [2.45, 2.75) is 38.3 Å². The third-order valence-corrected chi connectivity index (χ3v) is 3.50. The van der Waals surface area contributed by atoms with Crippen LogP contribution in [0.15, 0.2) is 16.4 Å². The molecule has 1 aromatic rings. The largest absolute Gasteiger partial charge is 0.302 e. The monoisotopic (exact) mass is 262 g/mol. The van der Waals surface area contributed by atoms with E-state index in [-0.39, 0.29) is 11.6 Å². The number of aromatic nitrogens is 1. The minimum absolute atomic E-state index is 0.0540. The number of amides is 1. The molecule has 6 heteroatoms. The van der Waals surface area contributed by atoms with E-state index in [0.717, 1.165) is 11.3 Å². The van der Waals surface area contributed by atoms with Gasteiger partial charge in [0, 0.05) is 36.8 Å². The number of thiazole rings is 1. The SMILES string of the molecule is C#CCCC1(CCC(=O)Nc2ncc(C)s2)N=N1. The first kappa shape index (κ1) is 12.7. The van der Waals surface area contributed by atoms with Gasteiger partial charge in [0.25, 0.3) is 0 Å². The zero-order chi connectivity index (χ0) is 13.0. The van der Waals surface area contributed by atoms with Crippen LogP contribution in [-0.2, 0) is 4.79 Å². The Hall–Kier alpha value is -1.74. The molecule has 1 aromatic heterocycles. The number of aryl methyl sites for hydroxylation is 1. The molecule has 1 aliphatic heterocycles. The molecule has 0 bridgehead atoms. The van der Waals surface area contributed by atoms with Gasteiger partial charge in [0.1, 0.15) is 0 Å². The highest BCUT2D eigenvalue weighted by Gasteiger charge is 2.39. The Bertz CT molecular complexity index is 508. The van der Waals surface area contributed by atoms with Crippen LogP contribution in [-0.4, -0.2) is 16.6 Å². The van der Waals surface area contributed by atoms with Crippen molar-refractivity contribution in [3.8, 4) is 12.3 Å². The second-order valence-electron chi connectivity index (χ2n) is 4.21. The Balaban J connectivity index is 1.74. The second-order valence-corrected chi connectivity index (χ2v) is 5.45. The normalized spacial score (nSPS) is 15.1. The fourth-order valence-electron chi connectivity index (χ4n) is 1.58. The third kappa shape index (κ3) is 3.37. The van der Waals surface area contributed by atoms with E-state index in [1.807, 2.05) is 6.92 Å². The van der Waals surface area contributed by atoms with E-state index in [0.29, 0.717) is 24.4 Å². The van der Waals surface area contributed by atoms with Gasteiger partial charge in [-0.2, -0.15) is 10.2 Å². The molecule has 0 fully saturated rings. The first-order chi connectivity index (χ1) is 8.63. The van der Waals surface area contributed by atoms with Gasteiger partial charge in [-0.3, -0.25) is 4.79 Å². The number of nitrogens with one attached hydrogen (secondary N) is 1. The lowest BCUT2D eigenvalue weighted by molar-refractivity contribution is -0.116. The van der Waals surface area contributed by atoms with E-state index < -0.39 is 0 Å². The predicted molar refractivity (Wildman–Crippen MR) is 70.4 cm³/mol. The van der Waals surface area contributed by atoms with Gasteiger partial charge in [0.05, 0.1) is 0 Å². The molecule has 0 unspecified atom stereocenters. The van der Waals surface area contributed by atoms with Crippen LogP contribution in [0.25, 0.3) is 0 Å². The maximum Gasteiger partial charge on any atom is 0.226 e. The Morgan fingerprint density at radius 2 is 2.33 bits per heavy atom. The number of rotatable bonds is 6. The average molecular weight is 262 g/mol. The molecule has 0 atom stereocenters.